The maximum absolute atomic E-state index is 9.54. The minimum absolute atomic E-state index is 0.246. The summed E-state index contributed by atoms with van der Waals surface area (Å²) in [4.78, 5) is 0. The summed E-state index contributed by atoms with van der Waals surface area (Å²) in [5.74, 6) is 3.16. The van der Waals surface area contributed by atoms with Crippen LogP contribution in [-0.2, 0) is 0 Å². The number of ether oxygens (including phenoxy) is 2. The van der Waals surface area contributed by atoms with E-state index in [2.05, 4.69) is 0 Å². The van der Waals surface area contributed by atoms with Crippen molar-refractivity contribution in [3.05, 3.63) is 71.8 Å². The molecule has 122 valence electrons. The zero-order valence-corrected chi connectivity index (χ0v) is 13.5. The van der Waals surface area contributed by atoms with Gasteiger partial charge in [0.2, 0.25) is 0 Å². The van der Waals surface area contributed by atoms with E-state index in [0.29, 0.717) is 23.0 Å². The van der Waals surface area contributed by atoms with Gasteiger partial charge in [-0.3, -0.25) is 0 Å². The van der Waals surface area contributed by atoms with Gasteiger partial charge in [0.25, 0.3) is 0 Å². The van der Waals surface area contributed by atoms with Gasteiger partial charge >= 0.3 is 0 Å². The predicted octanol–water partition coefficient (Wildman–Crippen LogP) is 5.30. The molecule has 3 aromatic rings. The van der Waals surface area contributed by atoms with Crippen LogP contribution in [0.4, 0.5) is 0 Å². The molecule has 2 N–H and O–H groups in total. The van der Waals surface area contributed by atoms with E-state index in [1.807, 2.05) is 38.1 Å². The number of phenolic OH excluding ortho intramolecular Hbond substituents is 2. The van der Waals surface area contributed by atoms with Gasteiger partial charge in [-0.2, -0.15) is 0 Å². The topological polar surface area (TPSA) is 58.9 Å². The molecule has 0 aliphatic rings. The van der Waals surface area contributed by atoms with Crippen LogP contribution in [0.3, 0.4) is 0 Å². The Morgan fingerprint density at radius 2 is 0.875 bits per heavy atom. The number of benzene rings is 3. The van der Waals surface area contributed by atoms with Crippen LogP contribution in [-0.4, -0.2) is 10.2 Å². The van der Waals surface area contributed by atoms with Gasteiger partial charge in [-0.25, -0.2) is 0 Å². The Balaban J connectivity index is 1.70. The van der Waals surface area contributed by atoms with Gasteiger partial charge in [0.05, 0.1) is 0 Å². The fourth-order valence-electron chi connectivity index (χ4n) is 2.23. The largest absolute Gasteiger partial charge is 0.508 e. The second-order valence-electron chi connectivity index (χ2n) is 5.57. The first-order valence-electron chi connectivity index (χ1n) is 7.56. The molecule has 24 heavy (non-hydrogen) atoms. The lowest BCUT2D eigenvalue weighted by molar-refractivity contribution is 0.455. The lowest BCUT2D eigenvalue weighted by Gasteiger charge is -2.10. The van der Waals surface area contributed by atoms with Gasteiger partial charge in [-0.1, -0.05) is 0 Å². The molecule has 0 radical (unpaired) electrons. The Morgan fingerprint density at radius 1 is 0.542 bits per heavy atom. The lowest BCUT2D eigenvalue weighted by Crippen LogP contribution is -1.87. The van der Waals surface area contributed by atoms with E-state index in [1.165, 1.54) is 0 Å². The zero-order chi connectivity index (χ0) is 17.1. The Kier molecular flexibility index (Phi) is 4.29. The smallest absolute Gasteiger partial charge is 0.127 e. The molecule has 4 nitrogen and oxygen atoms in total. The predicted molar refractivity (Wildman–Crippen MR) is 92.3 cm³/mol. The molecule has 0 spiro atoms. The third-order valence-corrected chi connectivity index (χ3v) is 3.63. The van der Waals surface area contributed by atoms with E-state index >= 15 is 0 Å². The van der Waals surface area contributed by atoms with Gasteiger partial charge in [-0.05, 0) is 85.6 Å². The van der Waals surface area contributed by atoms with Gasteiger partial charge in [-0.15, -0.1) is 0 Å². The minimum atomic E-state index is 0.246. The maximum Gasteiger partial charge on any atom is 0.127 e. The molecule has 0 aliphatic heterocycles. The second-order valence-corrected chi connectivity index (χ2v) is 5.57. The van der Waals surface area contributed by atoms with Crippen LogP contribution >= 0.6 is 0 Å². The van der Waals surface area contributed by atoms with Crippen molar-refractivity contribution >= 4 is 0 Å². The maximum atomic E-state index is 9.54. The average Bonchev–Trinajstić information content (AvgIpc) is 2.56. The van der Waals surface area contributed by atoms with Crippen molar-refractivity contribution < 1.29 is 19.7 Å². The number of rotatable bonds is 4. The molecule has 0 heterocycles. The highest BCUT2D eigenvalue weighted by Gasteiger charge is 2.04. The first kappa shape index (κ1) is 15.7. The quantitative estimate of drug-likeness (QED) is 0.684. The van der Waals surface area contributed by atoms with Gasteiger partial charge in [0, 0.05) is 0 Å². The molecule has 0 fully saturated rings. The van der Waals surface area contributed by atoms with Crippen LogP contribution in [0.15, 0.2) is 60.7 Å². The molecule has 0 bridgehead atoms. The Hall–Kier alpha value is -3.14. The van der Waals surface area contributed by atoms with E-state index in [1.54, 1.807) is 36.4 Å². The van der Waals surface area contributed by atoms with E-state index in [-0.39, 0.29) is 11.5 Å². The van der Waals surface area contributed by atoms with Crippen molar-refractivity contribution in [3.8, 4) is 34.5 Å². The Labute approximate surface area is 140 Å². The van der Waals surface area contributed by atoms with Crippen LogP contribution in [0.2, 0.25) is 0 Å². The molecule has 3 aromatic carbocycles. The van der Waals surface area contributed by atoms with Crippen LogP contribution in [0.25, 0.3) is 0 Å². The summed E-state index contributed by atoms with van der Waals surface area (Å²) in [5.41, 5.74) is 1.52. The van der Waals surface area contributed by atoms with Crippen LogP contribution in [0.1, 0.15) is 11.1 Å². The summed E-state index contributed by atoms with van der Waals surface area (Å²) < 4.78 is 11.5. The van der Waals surface area contributed by atoms with E-state index in [9.17, 15) is 10.2 Å². The summed E-state index contributed by atoms with van der Waals surface area (Å²) in [6, 6.07) is 17.4. The van der Waals surface area contributed by atoms with Crippen molar-refractivity contribution in [2.75, 3.05) is 0 Å². The van der Waals surface area contributed by atoms with Crippen molar-refractivity contribution in [2.24, 2.45) is 0 Å². The molecule has 0 atom stereocenters. The summed E-state index contributed by atoms with van der Waals surface area (Å²) in [5, 5.41) is 19.1. The van der Waals surface area contributed by atoms with Crippen LogP contribution in [0.5, 0.6) is 34.5 Å². The second kappa shape index (κ2) is 6.54. The third kappa shape index (κ3) is 3.60. The summed E-state index contributed by atoms with van der Waals surface area (Å²) in [7, 11) is 0. The standard InChI is InChI=1S/C20H18O4/c1-13-11-17(7-9-19(13)21)23-15-3-5-16(6-4-15)24-18-8-10-20(22)14(2)12-18/h3-12,21-22H,1-2H3. The van der Waals surface area contributed by atoms with Crippen LogP contribution < -0.4 is 9.47 Å². The minimum Gasteiger partial charge on any atom is -0.508 e. The van der Waals surface area contributed by atoms with Crippen LogP contribution in [0, 0.1) is 13.8 Å². The van der Waals surface area contributed by atoms with Crippen molar-refractivity contribution in [2.45, 2.75) is 13.8 Å². The SMILES string of the molecule is Cc1cc(Oc2ccc(Oc3ccc(O)c(C)c3)cc2)ccc1O. The van der Waals surface area contributed by atoms with E-state index in [0.717, 1.165) is 11.1 Å². The van der Waals surface area contributed by atoms with Gasteiger partial charge in [0.15, 0.2) is 0 Å². The zero-order valence-electron chi connectivity index (χ0n) is 13.5. The highest BCUT2D eigenvalue weighted by Crippen LogP contribution is 2.30. The van der Waals surface area contributed by atoms with Gasteiger partial charge in [0.1, 0.15) is 34.5 Å². The fourth-order valence-corrected chi connectivity index (χ4v) is 2.23. The van der Waals surface area contributed by atoms with E-state index in [4.69, 9.17) is 9.47 Å². The molecule has 0 saturated carbocycles. The summed E-state index contributed by atoms with van der Waals surface area (Å²) in [6.07, 6.45) is 0. The number of aromatic hydroxyl groups is 2. The van der Waals surface area contributed by atoms with Crippen molar-refractivity contribution in [1.29, 1.82) is 0 Å². The molecule has 0 aliphatic carbocycles. The lowest BCUT2D eigenvalue weighted by atomic mass is 10.2. The molecule has 0 aromatic heterocycles. The monoisotopic (exact) mass is 322 g/mol. The first-order valence-corrected chi connectivity index (χ1v) is 7.56. The van der Waals surface area contributed by atoms with E-state index < -0.39 is 0 Å². The number of phenols is 2. The molecular weight excluding hydrogens is 304 g/mol. The molecule has 3 rings (SSSR count). The fraction of sp³-hybridized carbons (Fsp3) is 0.100. The molecule has 0 amide bonds. The van der Waals surface area contributed by atoms with Gasteiger partial charge < -0.3 is 19.7 Å². The summed E-state index contributed by atoms with van der Waals surface area (Å²) in [6.45, 7) is 3.64. The van der Waals surface area contributed by atoms with Crippen molar-refractivity contribution in [1.82, 2.24) is 0 Å². The first-order chi connectivity index (χ1) is 11.5. The Bertz CT molecular complexity index is 782. The molecule has 0 saturated heterocycles. The summed E-state index contributed by atoms with van der Waals surface area (Å²) >= 11 is 0. The third-order valence-electron chi connectivity index (χ3n) is 3.63. The number of hydrogen-bond acceptors (Lipinski definition) is 4. The highest BCUT2D eigenvalue weighted by molar-refractivity contribution is 5.43. The van der Waals surface area contributed by atoms with Crippen molar-refractivity contribution in [3.63, 3.8) is 0 Å². The number of hydrogen-bond donors (Lipinski definition) is 2. The number of aryl methyl sites for hydroxylation is 2. The Morgan fingerprint density at radius 3 is 1.21 bits per heavy atom. The molecular formula is C20H18O4. The highest BCUT2D eigenvalue weighted by atomic mass is 16.5. The average molecular weight is 322 g/mol. The molecule has 0 unspecified atom stereocenters. The normalized spacial score (nSPS) is 10.4. The molecule has 4 heteroatoms.